The number of carbonyl (C=O) groups excluding carboxylic acids is 1. The van der Waals surface area contributed by atoms with Crippen LogP contribution in [-0.4, -0.2) is 58.7 Å². The molecular weight excluding hydrogens is 451 g/mol. The highest BCUT2D eigenvalue weighted by atomic mass is 19.1. The summed E-state index contributed by atoms with van der Waals surface area (Å²) in [5, 5.41) is 2.83. The highest BCUT2D eigenvalue weighted by Gasteiger charge is 2.35. The zero-order chi connectivity index (χ0) is 24.4. The molecule has 0 saturated carbocycles. The van der Waals surface area contributed by atoms with Crippen molar-refractivity contribution in [3.8, 4) is 22.6 Å². The molecule has 9 nitrogen and oxygen atoms in total. The summed E-state index contributed by atoms with van der Waals surface area (Å²) >= 11 is 0. The Morgan fingerprint density at radius 3 is 2.57 bits per heavy atom. The molecule has 1 aromatic carbocycles. The van der Waals surface area contributed by atoms with E-state index in [0.29, 0.717) is 48.6 Å². The maximum absolute atomic E-state index is 13.6. The van der Waals surface area contributed by atoms with Gasteiger partial charge in [0, 0.05) is 43.7 Å². The van der Waals surface area contributed by atoms with E-state index in [1.165, 1.54) is 19.1 Å². The fraction of sp³-hybridized carbons (Fsp3) is 0.440. The highest BCUT2D eigenvalue weighted by Crippen LogP contribution is 2.35. The first-order valence-corrected chi connectivity index (χ1v) is 11.8. The topological polar surface area (TPSA) is 105 Å². The van der Waals surface area contributed by atoms with Gasteiger partial charge in [0.1, 0.15) is 5.82 Å². The van der Waals surface area contributed by atoms with Crippen LogP contribution in [0.25, 0.3) is 22.6 Å². The van der Waals surface area contributed by atoms with Gasteiger partial charge < -0.3 is 24.7 Å². The number of hydrogen-bond donors (Lipinski definition) is 2. The molecule has 2 aliphatic rings. The predicted molar refractivity (Wildman–Crippen MR) is 128 cm³/mol. The minimum atomic E-state index is -0.701. The lowest BCUT2D eigenvalue weighted by atomic mass is 9.92. The second-order valence-electron chi connectivity index (χ2n) is 9.46. The second-order valence-corrected chi connectivity index (χ2v) is 9.46. The molecule has 0 bridgehead atoms. The van der Waals surface area contributed by atoms with Crippen LogP contribution >= 0.6 is 0 Å². The van der Waals surface area contributed by atoms with Crippen LogP contribution in [0.4, 0.5) is 10.3 Å². The molecule has 2 aromatic heterocycles. The van der Waals surface area contributed by atoms with Crippen molar-refractivity contribution in [3.63, 3.8) is 0 Å². The monoisotopic (exact) mass is 480 g/mol. The van der Waals surface area contributed by atoms with Gasteiger partial charge in [-0.25, -0.2) is 19.3 Å². The average Bonchev–Trinajstić information content (AvgIpc) is 3.55. The number of amides is 1. The molecule has 0 spiro atoms. The standard InChI is InChI=1S/C25H29FN6O3/c1-16(33)28-13-25(2)14-34-23(35-15-25)22-30-20(17-5-7-18(26)8-6-17)21(31-22)19-9-10-27-24(29-19)32-11-3-4-12-32/h5-10,23H,3-4,11-15H2,1-2H3,(H,28,33)(H,30,31). The molecule has 0 unspecified atom stereocenters. The number of benzene rings is 1. The lowest BCUT2D eigenvalue weighted by molar-refractivity contribution is -0.232. The van der Waals surface area contributed by atoms with Crippen molar-refractivity contribution in [2.75, 3.05) is 37.7 Å². The summed E-state index contributed by atoms with van der Waals surface area (Å²) in [6.45, 7) is 6.60. The van der Waals surface area contributed by atoms with E-state index in [4.69, 9.17) is 19.4 Å². The number of H-pyrrole nitrogens is 1. The first-order valence-electron chi connectivity index (χ1n) is 11.8. The number of nitrogens with one attached hydrogen (secondary N) is 2. The van der Waals surface area contributed by atoms with Gasteiger partial charge in [-0.2, -0.15) is 0 Å². The molecule has 2 fully saturated rings. The normalized spacial score (nSPS) is 22.4. The maximum Gasteiger partial charge on any atom is 0.225 e. The molecule has 4 heterocycles. The van der Waals surface area contributed by atoms with Crippen LogP contribution in [0.15, 0.2) is 36.5 Å². The van der Waals surface area contributed by atoms with Gasteiger partial charge in [-0.05, 0) is 43.2 Å². The van der Waals surface area contributed by atoms with Crippen molar-refractivity contribution in [3.05, 3.63) is 48.2 Å². The molecule has 0 aliphatic carbocycles. The van der Waals surface area contributed by atoms with Gasteiger partial charge in [0.15, 0.2) is 5.82 Å². The van der Waals surface area contributed by atoms with Crippen LogP contribution < -0.4 is 10.2 Å². The van der Waals surface area contributed by atoms with E-state index < -0.39 is 6.29 Å². The molecule has 5 rings (SSSR count). The van der Waals surface area contributed by atoms with Gasteiger partial charge in [-0.15, -0.1) is 0 Å². The van der Waals surface area contributed by atoms with Crippen LogP contribution in [0.1, 0.15) is 38.8 Å². The largest absolute Gasteiger partial charge is 0.356 e. The number of nitrogens with zero attached hydrogens (tertiary/aromatic N) is 4. The number of anilines is 1. The molecule has 3 aromatic rings. The number of imidazole rings is 1. The van der Waals surface area contributed by atoms with Gasteiger partial charge in [-0.1, -0.05) is 6.92 Å². The van der Waals surface area contributed by atoms with E-state index in [2.05, 4.69) is 20.2 Å². The third-order valence-corrected chi connectivity index (χ3v) is 6.28. The third kappa shape index (κ3) is 5.18. The van der Waals surface area contributed by atoms with Gasteiger partial charge >= 0.3 is 0 Å². The average molecular weight is 481 g/mol. The summed E-state index contributed by atoms with van der Waals surface area (Å²) in [6, 6.07) is 8.02. The minimum absolute atomic E-state index is 0.0916. The van der Waals surface area contributed by atoms with E-state index in [-0.39, 0.29) is 17.1 Å². The maximum atomic E-state index is 13.6. The third-order valence-electron chi connectivity index (χ3n) is 6.28. The minimum Gasteiger partial charge on any atom is -0.356 e. The predicted octanol–water partition coefficient (Wildman–Crippen LogP) is 3.46. The number of ether oxygens (including phenoxy) is 2. The molecular formula is C25H29FN6O3. The van der Waals surface area contributed by atoms with Crippen LogP contribution in [0.5, 0.6) is 0 Å². The number of carbonyl (C=O) groups is 1. The Kier molecular flexibility index (Phi) is 6.48. The summed E-state index contributed by atoms with van der Waals surface area (Å²) in [4.78, 5) is 30.9. The van der Waals surface area contributed by atoms with Gasteiger partial charge in [0.05, 0.1) is 30.3 Å². The van der Waals surface area contributed by atoms with Crippen LogP contribution in [0.2, 0.25) is 0 Å². The summed E-state index contributed by atoms with van der Waals surface area (Å²) < 4.78 is 25.6. The number of aromatic nitrogens is 4. The Balaban J connectivity index is 1.45. The van der Waals surface area contributed by atoms with Crippen molar-refractivity contribution in [2.24, 2.45) is 5.41 Å². The van der Waals surface area contributed by atoms with Crippen molar-refractivity contribution in [1.82, 2.24) is 25.3 Å². The first-order chi connectivity index (χ1) is 16.9. The molecule has 2 saturated heterocycles. The van der Waals surface area contributed by atoms with E-state index >= 15 is 0 Å². The highest BCUT2D eigenvalue weighted by molar-refractivity contribution is 5.77. The van der Waals surface area contributed by atoms with Gasteiger partial charge in [-0.3, -0.25) is 4.79 Å². The number of halogens is 1. The van der Waals surface area contributed by atoms with E-state index in [9.17, 15) is 9.18 Å². The molecule has 0 atom stereocenters. The van der Waals surface area contributed by atoms with Crippen molar-refractivity contribution in [2.45, 2.75) is 33.0 Å². The molecule has 10 heteroatoms. The lowest BCUT2D eigenvalue weighted by Crippen LogP contribution is -2.45. The number of aromatic amines is 1. The Hall–Kier alpha value is -3.37. The smallest absolute Gasteiger partial charge is 0.225 e. The molecule has 1 amide bonds. The van der Waals surface area contributed by atoms with Crippen molar-refractivity contribution in [1.29, 1.82) is 0 Å². The van der Waals surface area contributed by atoms with Gasteiger partial charge in [0.25, 0.3) is 0 Å². The number of rotatable bonds is 6. The van der Waals surface area contributed by atoms with Crippen molar-refractivity contribution < 1.29 is 18.7 Å². The van der Waals surface area contributed by atoms with Crippen LogP contribution in [-0.2, 0) is 14.3 Å². The van der Waals surface area contributed by atoms with E-state index in [0.717, 1.165) is 31.5 Å². The molecule has 2 aliphatic heterocycles. The summed E-state index contributed by atoms with van der Waals surface area (Å²) in [5.41, 5.74) is 2.41. The molecule has 184 valence electrons. The summed E-state index contributed by atoms with van der Waals surface area (Å²) in [7, 11) is 0. The van der Waals surface area contributed by atoms with Crippen LogP contribution in [0, 0.1) is 11.2 Å². The number of hydrogen-bond acceptors (Lipinski definition) is 7. The SMILES string of the molecule is CC(=O)NCC1(C)COC(c2nc(-c3ccc(F)cc3)c(-c3ccnc(N4CCCC4)n3)[nH]2)OC1. The van der Waals surface area contributed by atoms with Crippen LogP contribution in [0.3, 0.4) is 0 Å². The summed E-state index contributed by atoms with van der Waals surface area (Å²) in [6.07, 6.45) is 3.29. The second kappa shape index (κ2) is 9.71. The fourth-order valence-electron chi connectivity index (χ4n) is 4.30. The lowest BCUT2D eigenvalue weighted by Gasteiger charge is -2.36. The molecule has 35 heavy (non-hydrogen) atoms. The van der Waals surface area contributed by atoms with E-state index in [1.54, 1.807) is 18.3 Å². The zero-order valence-electron chi connectivity index (χ0n) is 19.9. The molecule has 0 radical (unpaired) electrons. The summed E-state index contributed by atoms with van der Waals surface area (Å²) in [5.74, 6) is 0.773. The fourth-order valence-corrected chi connectivity index (χ4v) is 4.30. The van der Waals surface area contributed by atoms with Gasteiger partial charge in [0.2, 0.25) is 18.1 Å². The Labute approximate surface area is 203 Å². The zero-order valence-corrected chi connectivity index (χ0v) is 19.9. The first kappa shape index (κ1) is 23.4. The molecule has 2 N–H and O–H groups in total. The Morgan fingerprint density at radius 1 is 1.17 bits per heavy atom. The Bertz CT molecular complexity index is 1180. The quantitative estimate of drug-likeness (QED) is 0.557. The van der Waals surface area contributed by atoms with E-state index in [1.807, 2.05) is 13.0 Å². The Morgan fingerprint density at radius 2 is 1.89 bits per heavy atom. The van der Waals surface area contributed by atoms with Crippen molar-refractivity contribution >= 4 is 11.9 Å².